The third-order valence-corrected chi connectivity index (χ3v) is 3.63. The third-order valence-electron chi connectivity index (χ3n) is 3.63. The van der Waals surface area contributed by atoms with Crippen LogP contribution in [0.15, 0.2) is 30.3 Å². The monoisotopic (exact) mass is 294 g/mol. The first-order valence-electron chi connectivity index (χ1n) is 6.89. The van der Waals surface area contributed by atoms with Gasteiger partial charge in [-0.15, -0.1) is 5.06 Å². The number of carbonyl (C=O) groups is 1. The molecule has 0 saturated carbocycles. The van der Waals surface area contributed by atoms with Crippen LogP contribution in [0.3, 0.4) is 0 Å². The van der Waals surface area contributed by atoms with Crippen LogP contribution >= 0.6 is 0 Å². The van der Waals surface area contributed by atoms with Crippen molar-refractivity contribution in [1.82, 2.24) is 9.96 Å². The molecule has 6 heteroatoms. The Morgan fingerprint density at radius 3 is 2.14 bits per heavy atom. The van der Waals surface area contributed by atoms with Gasteiger partial charge in [-0.05, 0) is 5.56 Å². The van der Waals surface area contributed by atoms with Crippen LogP contribution < -0.4 is 0 Å². The summed E-state index contributed by atoms with van der Waals surface area (Å²) in [6, 6.07) is 9.70. The molecule has 1 aromatic rings. The lowest BCUT2D eigenvalue weighted by atomic mass is 10.1. The molecule has 1 saturated heterocycles. The van der Waals surface area contributed by atoms with E-state index in [-0.39, 0.29) is 18.4 Å². The normalized spacial score (nSPS) is 23.3. The number of nitrogens with zero attached hydrogens (tertiary/aromatic N) is 2. The van der Waals surface area contributed by atoms with Crippen LogP contribution in [-0.2, 0) is 25.5 Å². The second-order valence-corrected chi connectivity index (χ2v) is 4.88. The molecule has 1 aromatic carbocycles. The number of hydroxylamine groups is 2. The van der Waals surface area contributed by atoms with Crippen LogP contribution in [0, 0.1) is 0 Å². The summed E-state index contributed by atoms with van der Waals surface area (Å²) in [6.45, 7) is 0.908. The van der Waals surface area contributed by atoms with Gasteiger partial charge in [-0.1, -0.05) is 30.3 Å². The Bertz CT molecular complexity index is 440. The second-order valence-electron chi connectivity index (χ2n) is 4.88. The first-order valence-corrected chi connectivity index (χ1v) is 6.89. The van der Waals surface area contributed by atoms with Crippen molar-refractivity contribution in [2.45, 2.75) is 18.9 Å². The zero-order valence-electron chi connectivity index (χ0n) is 12.7. The molecule has 116 valence electrons. The second kappa shape index (κ2) is 7.51. The van der Waals surface area contributed by atoms with Gasteiger partial charge in [0.1, 0.15) is 0 Å². The average Bonchev–Trinajstić information content (AvgIpc) is 2.54. The van der Waals surface area contributed by atoms with E-state index in [1.165, 1.54) is 0 Å². The molecule has 1 fully saturated rings. The number of piperazine rings is 1. The molecule has 0 bridgehead atoms. The molecule has 0 aromatic heterocycles. The van der Waals surface area contributed by atoms with E-state index in [1.54, 1.807) is 31.3 Å². The largest absolute Gasteiger partial charge is 0.362 e. The Labute approximate surface area is 125 Å². The highest BCUT2D eigenvalue weighted by Crippen LogP contribution is 2.18. The molecule has 2 unspecified atom stereocenters. The Morgan fingerprint density at radius 1 is 1.10 bits per heavy atom. The number of hydrogen-bond donors (Lipinski definition) is 0. The molecule has 1 aliphatic heterocycles. The zero-order chi connectivity index (χ0) is 15.2. The van der Waals surface area contributed by atoms with Crippen molar-refractivity contribution in [1.29, 1.82) is 0 Å². The summed E-state index contributed by atoms with van der Waals surface area (Å²) in [7, 11) is 4.75. The summed E-state index contributed by atoms with van der Waals surface area (Å²) < 4.78 is 10.8. The van der Waals surface area contributed by atoms with Crippen molar-refractivity contribution in [3.63, 3.8) is 0 Å². The minimum absolute atomic E-state index is 0.0565. The van der Waals surface area contributed by atoms with E-state index in [1.807, 2.05) is 30.3 Å². The van der Waals surface area contributed by atoms with Crippen molar-refractivity contribution in [2.24, 2.45) is 0 Å². The minimum atomic E-state index is -0.339. The Balaban J connectivity index is 2.04. The number of ether oxygens (including phenoxy) is 2. The summed E-state index contributed by atoms with van der Waals surface area (Å²) in [5.74, 6) is 0.0565. The standard InChI is InChI=1S/C15H22N2O4/c1-19-14-10-16(11-15(20-2)17(14)21-3)13(18)9-12-7-5-4-6-8-12/h4-8,14-15H,9-11H2,1-3H3. The maximum Gasteiger partial charge on any atom is 0.227 e. The van der Waals surface area contributed by atoms with Gasteiger partial charge in [-0.3, -0.25) is 9.63 Å². The van der Waals surface area contributed by atoms with Crippen molar-refractivity contribution < 1.29 is 19.1 Å². The average molecular weight is 294 g/mol. The molecule has 21 heavy (non-hydrogen) atoms. The highest BCUT2D eigenvalue weighted by atomic mass is 16.7. The fraction of sp³-hybridized carbons (Fsp3) is 0.533. The van der Waals surface area contributed by atoms with Gasteiger partial charge < -0.3 is 14.4 Å². The maximum absolute atomic E-state index is 12.4. The fourth-order valence-electron chi connectivity index (χ4n) is 2.48. The fourth-order valence-corrected chi connectivity index (χ4v) is 2.48. The number of hydrogen-bond acceptors (Lipinski definition) is 5. The van der Waals surface area contributed by atoms with Gasteiger partial charge in [-0.2, -0.15) is 0 Å². The van der Waals surface area contributed by atoms with Crippen LogP contribution in [0.2, 0.25) is 0 Å². The van der Waals surface area contributed by atoms with Gasteiger partial charge in [0.15, 0.2) is 12.5 Å². The maximum atomic E-state index is 12.4. The predicted molar refractivity (Wildman–Crippen MR) is 77.2 cm³/mol. The minimum Gasteiger partial charge on any atom is -0.362 e. The lowest BCUT2D eigenvalue weighted by Gasteiger charge is -2.43. The Hall–Kier alpha value is -1.47. The Kier molecular flexibility index (Phi) is 5.69. The van der Waals surface area contributed by atoms with Gasteiger partial charge in [0.25, 0.3) is 0 Å². The smallest absolute Gasteiger partial charge is 0.227 e. The number of methoxy groups -OCH3 is 2. The highest BCUT2D eigenvalue weighted by molar-refractivity contribution is 5.78. The molecular formula is C15H22N2O4. The number of amides is 1. The molecule has 0 spiro atoms. The van der Waals surface area contributed by atoms with E-state index in [4.69, 9.17) is 14.3 Å². The van der Waals surface area contributed by atoms with Crippen LogP contribution in [0.4, 0.5) is 0 Å². The van der Waals surface area contributed by atoms with Crippen molar-refractivity contribution in [3.8, 4) is 0 Å². The SMILES string of the molecule is COC1CN(C(=O)Cc2ccccc2)CC(OC)N1OC. The summed E-state index contributed by atoms with van der Waals surface area (Å²) >= 11 is 0. The lowest BCUT2D eigenvalue weighted by molar-refractivity contribution is -0.318. The number of benzene rings is 1. The van der Waals surface area contributed by atoms with E-state index >= 15 is 0 Å². The molecule has 2 rings (SSSR count). The van der Waals surface area contributed by atoms with Crippen LogP contribution in [-0.4, -0.2) is 62.7 Å². The van der Waals surface area contributed by atoms with Crippen molar-refractivity contribution >= 4 is 5.91 Å². The van der Waals surface area contributed by atoms with E-state index in [0.717, 1.165) is 5.56 Å². The molecule has 2 atom stereocenters. The first-order chi connectivity index (χ1) is 10.2. The summed E-state index contributed by atoms with van der Waals surface area (Å²) in [6.07, 6.45) is -0.303. The highest BCUT2D eigenvalue weighted by Gasteiger charge is 2.37. The third kappa shape index (κ3) is 3.79. The van der Waals surface area contributed by atoms with Crippen LogP contribution in [0.5, 0.6) is 0 Å². The van der Waals surface area contributed by atoms with Gasteiger partial charge >= 0.3 is 0 Å². The molecule has 1 amide bonds. The Morgan fingerprint density at radius 2 is 1.67 bits per heavy atom. The number of rotatable bonds is 5. The van der Waals surface area contributed by atoms with E-state index in [9.17, 15) is 4.79 Å². The molecule has 1 heterocycles. The molecule has 0 aliphatic carbocycles. The topological polar surface area (TPSA) is 51.2 Å². The van der Waals surface area contributed by atoms with Gasteiger partial charge in [0.05, 0.1) is 26.6 Å². The molecule has 0 N–H and O–H groups in total. The van der Waals surface area contributed by atoms with Crippen molar-refractivity contribution in [3.05, 3.63) is 35.9 Å². The first kappa shape index (κ1) is 15.9. The quantitative estimate of drug-likeness (QED) is 0.807. The van der Waals surface area contributed by atoms with E-state index < -0.39 is 0 Å². The summed E-state index contributed by atoms with van der Waals surface area (Å²) in [5.41, 5.74) is 1.000. The van der Waals surface area contributed by atoms with Gasteiger partial charge in [-0.25, -0.2) is 0 Å². The van der Waals surface area contributed by atoms with Gasteiger partial charge in [0.2, 0.25) is 5.91 Å². The van der Waals surface area contributed by atoms with E-state index in [2.05, 4.69) is 0 Å². The zero-order valence-corrected chi connectivity index (χ0v) is 12.7. The lowest BCUT2D eigenvalue weighted by Crippen LogP contribution is -2.60. The van der Waals surface area contributed by atoms with Crippen molar-refractivity contribution in [2.75, 3.05) is 34.4 Å². The van der Waals surface area contributed by atoms with Crippen LogP contribution in [0.25, 0.3) is 0 Å². The predicted octanol–water partition coefficient (Wildman–Crippen LogP) is 0.880. The molecular weight excluding hydrogens is 272 g/mol. The van der Waals surface area contributed by atoms with Gasteiger partial charge in [0, 0.05) is 14.2 Å². The molecule has 0 radical (unpaired) electrons. The summed E-state index contributed by atoms with van der Waals surface area (Å²) in [5, 5.41) is 1.63. The van der Waals surface area contributed by atoms with E-state index in [0.29, 0.717) is 19.5 Å². The van der Waals surface area contributed by atoms with Crippen LogP contribution in [0.1, 0.15) is 5.56 Å². The number of carbonyl (C=O) groups excluding carboxylic acids is 1. The molecule has 6 nitrogen and oxygen atoms in total. The molecule has 1 aliphatic rings. The summed E-state index contributed by atoms with van der Waals surface area (Å²) in [4.78, 5) is 19.5.